The van der Waals surface area contributed by atoms with E-state index >= 15 is 0 Å². The van der Waals surface area contributed by atoms with Crippen molar-refractivity contribution in [3.8, 4) is 0 Å². The van der Waals surface area contributed by atoms with Crippen LogP contribution in [0.4, 0.5) is 0 Å². The van der Waals surface area contributed by atoms with E-state index in [0.717, 1.165) is 32.6 Å². The minimum absolute atomic E-state index is 0.0347. The van der Waals surface area contributed by atoms with Gasteiger partial charge in [0.05, 0.1) is 6.54 Å². The fraction of sp³-hybridized carbons (Fsp3) is 0.579. The number of amides is 2. The zero-order valence-corrected chi connectivity index (χ0v) is 15.5. The fourth-order valence-corrected chi connectivity index (χ4v) is 3.72. The summed E-state index contributed by atoms with van der Waals surface area (Å²) in [6.07, 6.45) is 2.32. The molecule has 1 aromatic rings. The van der Waals surface area contributed by atoms with Crippen molar-refractivity contribution < 1.29 is 9.59 Å². The minimum Gasteiger partial charge on any atom is -0.341 e. The Morgan fingerprint density at radius 3 is 2.36 bits per heavy atom. The minimum atomic E-state index is 0.0347. The molecule has 3 rings (SSSR count). The molecule has 2 aliphatic rings. The molecule has 5 nitrogen and oxygen atoms in total. The Morgan fingerprint density at radius 2 is 1.72 bits per heavy atom. The maximum atomic E-state index is 12.5. The standard InChI is InChI=1S/C19H26ClN3O2/c1-15-3-2-8-23(13-15)18(24)14-21-9-11-22(12-10-21)19(25)16-4-6-17(20)7-5-16/h4-7,15H,2-3,8-14H2,1H3. The van der Waals surface area contributed by atoms with E-state index in [1.54, 1.807) is 24.3 Å². The molecule has 0 aromatic heterocycles. The first-order chi connectivity index (χ1) is 12.0. The summed E-state index contributed by atoms with van der Waals surface area (Å²) >= 11 is 5.88. The molecule has 25 heavy (non-hydrogen) atoms. The smallest absolute Gasteiger partial charge is 0.253 e. The maximum Gasteiger partial charge on any atom is 0.253 e. The number of hydrogen-bond donors (Lipinski definition) is 0. The van der Waals surface area contributed by atoms with Gasteiger partial charge in [0.2, 0.25) is 5.91 Å². The van der Waals surface area contributed by atoms with Crippen LogP contribution >= 0.6 is 11.6 Å². The number of hydrogen-bond acceptors (Lipinski definition) is 3. The average molecular weight is 364 g/mol. The molecule has 0 saturated carbocycles. The molecule has 0 aliphatic carbocycles. The van der Waals surface area contributed by atoms with Gasteiger partial charge in [0, 0.05) is 49.9 Å². The van der Waals surface area contributed by atoms with Crippen LogP contribution in [-0.4, -0.2) is 72.3 Å². The molecule has 2 amide bonds. The van der Waals surface area contributed by atoms with Crippen LogP contribution in [0.3, 0.4) is 0 Å². The number of benzene rings is 1. The number of likely N-dealkylation sites (tertiary alicyclic amines) is 1. The van der Waals surface area contributed by atoms with Gasteiger partial charge in [0.15, 0.2) is 0 Å². The van der Waals surface area contributed by atoms with Crippen LogP contribution < -0.4 is 0 Å². The molecule has 2 heterocycles. The normalized spacial score (nSPS) is 22.1. The van der Waals surface area contributed by atoms with Crippen molar-refractivity contribution in [2.75, 3.05) is 45.8 Å². The molecule has 1 unspecified atom stereocenters. The largest absolute Gasteiger partial charge is 0.341 e. The lowest BCUT2D eigenvalue weighted by Crippen LogP contribution is -2.52. The first-order valence-corrected chi connectivity index (χ1v) is 9.45. The summed E-state index contributed by atoms with van der Waals surface area (Å²) in [5.74, 6) is 0.864. The Morgan fingerprint density at radius 1 is 1.04 bits per heavy atom. The van der Waals surface area contributed by atoms with Crippen molar-refractivity contribution in [1.82, 2.24) is 14.7 Å². The molecule has 2 saturated heterocycles. The summed E-state index contributed by atoms with van der Waals surface area (Å²) in [5.41, 5.74) is 0.663. The van der Waals surface area contributed by atoms with Gasteiger partial charge in [-0.1, -0.05) is 18.5 Å². The highest BCUT2D eigenvalue weighted by Gasteiger charge is 2.26. The second-order valence-electron chi connectivity index (χ2n) is 7.16. The molecule has 1 aromatic carbocycles. The number of rotatable bonds is 3. The predicted molar refractivity (Wildman–Crippen MR) is 98.8 cm³/mol. The van der Waals surface area contributed by atoms with Crippen LogP contribution in [0.1, 0.15) is 30.1 Å². The quantitative estimate of drug-likeness (QED) is 0.828. The van der Waals surface area contributed by atoms with Gasteiger partial charge in [-0.05, 0) is 43.0 Å². The average Bonchev–Trinajstić information content (AvgIpc) is 2.62. The Hall–Kier alpha value is -1.59. The van der Waals surface area contributed by atoms with Gasteiger partial charge >= 0.3 is 0 Å². The molecule has 2 aliphatic heterocycles. The summed E-state index contributed by atoms with van der Waals surface area (Å²) in [5, 5.41) is 0.631. The second-order valence-corrected chi connectivity index (χ2v) is 7.60. The summed E-state index contributed by atoms with van der Waals surface area (Å²) < 4.78 is 0. The number of halogens is 1. The molecule has 6 heteroatoms. The Labute approximate surface area is 154 Å². The molecule has 0 bridgehead atoms. The molecule has 0 radical (unpaired) electrons. The van der Waals surface area contributed by atoms with E-state index in [-0.39, 0.29) is 11.8 Å². The highest BCUT2D eigenvalue weighted by atomic mass is 35.5. The lowest BCUT2D eigenvalue weighted by atomic mass is 10.0. The third kappa shape index (κ3) is 4.73. The van der Waals surface area contributed by atoms with Gasteiger partial charge < -0.3 is 9.80 Å². The molecule has 0 N–H and O–H groups in total. The van der Waals surface area contributed by atoms with Crippen molar-refractivity contribution in [3.63, 3.8) is 0 Å². The van der Waals surface area contributed by atoms with Crippen LogP contribution in [0.5, 0.6) is 0 Å². The van der Waals surface area contributed by atoms with Crippen LogP contribution in [0.2, 0.25) is 5.02 Å². The van der Waals surface area contributed by atoms with E-state index in [1.807, 2.05) is 9.80 Å². The first-order valence-electron chi connectivity index (χ1n) is 9.08. The number of piperazine rings is 1. The van der Waals surface area contributed by atoms with E-state index in [0.29, 0.717) is 36.1 Å². The van der Waals surface area contributed by atoms with Gasteiger partial charge in [-0.3, -0.25) is 14.5 Å². The Balaban J connectivity index is 1.47. The lowest BCUT2D eigenvalue weighted by molar-refractivity contribution is -0.134. The monoisotopic (exact) mass is 363 g/mol. The summed E-state index contributed by atoms with van der Waals surface area (Å²) in [7, 11) is 0. The molecule has 2 fully saturated rings. The maximum absolute atomic E-state index is 12.5. The van der Waals surface area contributed by atoms with E-state index in [9.17, 15) is 9.59 Å². The van der Waals surface area contributed by atoms with Crippen LogP contribution in [0.15, 0.2) is 24.3 Å². The topological polar surface area (TPSA) is 43.9 Å². The van der Waals surface area contributed by atoms with Gasteiger partial charge in [-0.25, -0.2) is 0 Å². The SMILES string of the molecule is CC1CCCN(C(=O)CN2CCN(C(=O)c3ccc(Cl)cc3)CC2)C1. The lowest BCUT2D eigenvalue weighted by Gasteiger charge is -2.37. The number of nitrogens with zero attached hydrogens (tertiary/aromatic N) is 3. The van der Waals surface area contributed by atoms with Crippen LogP contribution in [-0.2, 0) is 4.79 Å². The fourth-order valence-electron chi connectivity index (χ4n) is 3.59. The zero-order chi connectivity index (χ0) is 17.8. The summed E-state index contributed by atoms with van der Waals surface area (Å²) in [6, 6.07) is 7.00. The predicted octanol–water partition coefficient (Wildman–Crippen LogP) is 2.36. The van der Waals surface area contributed by atoms with E-state index in [1.165, 1.54) is 6.42 Å². The van der Waals surface area contributed by atoms with Crippen molar-refractivity contribution in [2.24, 2.45) is 5.92 Å². The van der Waals surface area contributed by atoms with Crippen molar-refractivity contribution in [1.29, 1.82) is 0 Å². The van der Waals surface area contributed by atoms with Crippen LogP contribution in [0, 0.1) is 5.92 Å². The Kier molecular flexibility index (Phi) is 5.97. The second kappa shape index (κ2) is 8.19. The molecular formula is C19H26ClN3O2. The molecule has 136 valence electrons. The van der Waals surface area contributed by atoms with Gasteiger partial charge in [0.1, 0.15) is 0 Å². The summed E-state index contributed by atoms with van der Waals surface area (Å²) in [6.45, 7) is 7.25. The first kappa shape index (κ1) is 18.2. The molecule has 0 spiro atoms. The van der Waals surface area contributed by atoms with Gasteiger partial charge in [0.25, 0.3) is 5.91 Å². The van der Waals surface area contributed by atoms with E-state index in [4.69, 9.17) is 11.6 Å². The molecular weight excluding hydrogens is 338 g/mol. The van der Waals surface area contributed by atoms with E-state index in [2.05, 4.69) is 11.8 Å². The third-order valence-corrected chi connectivity index (χ3v) is 5.37. The molecule has 1 atom stereocenters. The van der Waals surface area contributed by atoms with Gasteiger partial charge in [-0.15, -0.1) is 0 Å². The highest BCUT2D eigenvalue weighted by Crippen LogP contribution is 2.16. The number of piperidine rings is 1. The van der Waals surface area contributed by atoms with Crippen molar-refractivity contribution in [2.45, 2.75) is 19.8 Å². The third-order valence-electron chi connectivity index (χ3n) is 5.12. The summed E-state index contributed by atoms with van der Waals surface area (Å²) in [4.78, 5) is 31.0. The van der Waals surface area contributed by atoms with Crippen molar-refractivity contribution >= 4 is 23.4 Å². The van der Waals surface area contributed by atoms with Crippen LogP contribution in [0.25, 0.3) is 0 Å². The number of carbonyl (C=O) groups excluding carboxylic acids is 2. The van der Waals surface area contributed by atoms with E-state index < -0.39 is 0 Å². The number of carbonyl (C=O) groups is 2. The zero-order valence-electron chi connectivity index (χ0n) is 14.8. The highest BCUT2D eigenvalue weighted by molar-refractivity contribution is 6.30. The Bertz CT molecular complexity index is 612. The van der Waals surface area contributed by atoms with Gasteiger partial charge in [-0.2, -0.15) is 0 Å². The van der Waals surface area contributed by atoms with Crippen molar-refractivity contribution in [3.05, 3.63) is 34.9 Å².